The molecule has 2 rings (SSSR count). The van der Waals surface area contributed by atoms with Crippen LogP contribution in [0, 0.1) is 17.2 Å². The van der Waals surface area contributed by atoms with Gasteiger partial charge in [-0.2, -0.15) is 5.26 Å². The van der Waals surface area contributed by atoms with Gasteiger partial charge in [0.2, 0.25) is 5.60 Å². The first kappa shape index (κ1) is 14.1. The maximum Gasteiger partial charge on any atom is 0.337 e. The molecule has 106 valence electrons. The highest BCUT2D eigenvalue weighted by atomic mass is 16.6. The molecular weight excluding hydrogens is 262 g/mol. The number of esters is 2. The number of carbonyl (C=O) groups is 2. The molecule has 6 heteroatoms. The summed E-state index contributed by atoms with van der Waals surface area (Å²) >= 11 is 0. The van der Waals surface area contributed by atoms with E-state index in [1.807, 2.05) is 6.07 Å². The van der Waals surface area contributed by atoms with Gasteiger partial charge in [0, 0.05) is 19.8 Å². The van der Waals surface area contributed by atoms with Gasteiger partial charge in [-0.1, -0.05) is 0 Å². The Morgan fingerprint density at radius 3 is 2.80 bits per heavy atom. The number of nitrogens with zero attached hydrogens (tertiary/aromatic N) is 1. The van der Waals surface area contributed by atoms with Crippen LogP contribution < -0.4 is 0 Å². The van der Waals surface area contributed by atoms with Gasteiger partial charge in [-0.15, -0.1) is 0 Å². The molecule has 0 aromatic carbocycles. The molecule has 0 aromatic heterocycles. The summed E-state index contributed by atoms with van der Waals surface area (Å²) in [7, 11) is 1.29. The molecule has 0 radical (unpaired) electrons. The Morgan fingerprint density at radius 2 is 2.25 bits per heavy atom. The van der Waals surface area contributed by atoms with Crippen LogP contribution in [-0.4, -0.2) is 24.6 Å². The van der Waals surface area contributed by atoms with E-state index in [9.17, 15) is 14.9 Å². The molecule has 0 saturated carbocycles. The summed E-state index contributed by atoms with van der Waals surface area (Å²) in [6, 6.07) is 2.04. The van der Waals surface area contributed by atoms with Crippen LogP contribution >= 0.6 is 0 Å². The van der Waals surface area contributed by atoms with Crippen LogP contribution in [0.1, 0.15) is 26.7 Å². The first-order valence-corrected chi connectivity index (χ1v) is 6.20. The smallest absolute Gasteiger partial charge is 0.337 e. The van der Waals surface area contributed by atoms with Crippen LogP contribution in [0.15, 0.2) is 23.2 Å². The maximum atomic E-state index is 11.8. The summed E-state index contributed by atoms with van der Waals surface area (Å²) in [4.78, 5) is 23.0. The molecule has 1 heterocycles. The van der Waals surface area contributed by atoms with Crippen LogP contribution in [0.2, 0.25) is 0 Å². The first-order valence-electron chi connectivity index (χ1n) is 6.20. The molecule has 0 aromatic rings. The van der Waals surface area contributed by atoms with Crippen molar-refractivity contribution in [1.82, 2.24) is 0 Å². The van der Waals surface area contributed by atoms with Crippen molar-refractivity contribution in [2.75, 3.05) is 7.11 Å². The van der Waals surface area contributed by atoms with Gasteiger partial charge in [-0.25, -0.2) is 4.79 Å². The molecule has 6 nitrogen and oxygen atoms in total. The SMILES string of the molecule is COC(=O)C1=C(C)OC2=CCC(C#N)(OC(C)=O)CC21. The normalized spacial score (nSPS) is 27.9. The van der Waals surface area contributed by atoms with Crippen molar-refractivity contribution in [3.63, 3.8) is 0 Å². The van der Waals surface area contributed by atoms with Gasteiger partial charge < -0.3 is 14.2 Å². The topological polar surface area (TPSA) is 85.6 Å². The van der Waals surface area contributed by atoms with E-state index in [1.54, 1.807) is 13.0 Å². The Kier molecular flexibility index (Phi) is 3.53. The Labute approximate surface area is 116 Å². The largest absolute Gasteiger partial charge is 0.466 e. The van der Waals surface area contributed by atoms with Crippen LogP contribution in [0.25, 0.3) is 0 Å². The molecule has 0 fully saturated rings. The molecule has 0 spiro atoms. The van der Waals surface area contributed by atoms with Crippen molar-refractivity contribution in [3.05, 3.63) is 23.2 Å². The van der Waals surface area contributed by atoms with E-state index in [-0.39, 0.29) is 12.8 Å². The van der Waals surface area contributed by atoms with E-state index in [4.69, 9.17) is 14.2 Å². The van der Waals surface area contributed by atoms with Gasteiger partial charge in [-0.05, 0) is 13.0 Å². The zero-order valence-corrected chi connectivity index (χ0v) is 11.6. The number of hydrogen-bond donors (Lipinski definition) is 0. The standard InChI is InChI=1S/C14H15NO5/c1-8-12(13(17)18-3)10-6-14(7-15,20-9(2)16)5-4-11(10)19-8/h4,10H,5-6H2,1-3H3. The van der Waals surface area contributed by atoms with Crippen molar-refractivity contribution in [3.8, 4) is 6.07 Å². The van der Waals surface area contributed by atoms with Crippen LogP contribution in [-0.2, 0) is 23.8 Å². The molecule has 0 N–H and O–H groups in total. The van der Waals surface area contributed by atoms with E-state index in [1.165, 1.54) is 14.0 Å². The third kappa shape index (κ3) is 2.27. The van der Waals surface area contributed by atoms with Crippen molar-refractivity contribution in [2.45, 2.75) is 32.3 Å². The number of carbonyl (C=O) groups excluding carboxylic acids is 2. The zero-order valence-electron chi connectivity index (χ0n) is 11.6. The molecule has 20 heavy (non-hydrogen) atoms. The van der Waals surface area contributed by atoms with Crippen LogP contribution in [0.5, 0.6) is 0 Å². The lowest BCUT2D eigenvalue weighted by molar-refractivity contribution is -0.153. The summed E-state index contributed by atoms with van der Waals surface area (Å²) in [5.74, 6) is -0.351. The van der Waals surface area contributed by atoms with E-state index < -0.39 is 23.5 Å². The highest BCUT2D eigenvalue weighted by Gasteiger charge is 2.47. The molecular formula is C14H15NO5. The zero-order chi connectivity index (χ0) is 14.9. The highest BCUT2D eigenvalue weighted by Crippen LogP contribution is 2.45. The minimum atomic E-state index is -1.26. The van der Waals surface area contributed by atoms with E-state index >= 15 is 0 Å². The molecule has 1 aliphatic carbocycles. The summed E-state index contributed by atoms with van der Waals surface area (Å²) < 4.78 is 15.4. The predicted molar refractivity (Wildman–Crippen MR) is 66.7 cm³/mol. The fraction of sp³-hybridized carbons (Fsp3) is 0.500. The van der Waals surface area contributed by atoms with Crippen LogP contribution in [0.4, 0.5) is 0 Å². The number of rotatable bonds is 2. The number of ether oxygens (including phenoxy) is 3. The molecule has 2 unspecified atom stereocenters. The Bertz CT molecular complexity index is 569. The molecule has 2 aliphatic rings. The lowest BCUT2D eigenvalue weighted by Crippen LogP contribution is -2.38. The minimum Gasteiger partial charge on any atom is -0.466 e. The third-order valence-electron chi connectivity index (χ3n) is 3.46. The number of methoxy groups -OCH3 is 1. The van der Waals surface area contributed by atoms with E-state index in [2.05, 4.69) is 0 Å². The van der Waals surface area contributed by atoms with Crippen molar-refractivity contribution in [2.24, 2.45) is 5.92 Å². The van der Waals surface area contributed by atoms with Gasteiger partial charge in [0.15, 0.2) is 0 Å². The highest BCUT2D eigenvalue weighted by molar-refractivity contribution is 5.91. The molecule has 2 atom stereocenters. The van der Waals surface area contributed by atoms with E-state index in [0.29, 0.717) is 17.1 Å². The van der Waals surface area contributed by atoms with Gasteiger partial charge in [0.05, 0.1) is 18.6 Å². The molecule has 0 bridgehead atoms. The van der Waals surface area contributed by atoms with Gasteiger partial charge in [0.25, 0.3) is 0 Å². The Hall–Kier alpha value is -2.29. The predicted octanol–water partition coefficient (Wildman–Crippen LogP) is 1.58. The van der Waals surface area contributed by atoms with Crippen molar-refractivity contribution in [1.29, 1.82) is 5.26 Å². The number of fused-ring (bicyclic) bond motifs is 1. The molecule has 1 aliphatic heterocycles. The maximum absolute atomic E-state index is 11.8. The van der Waals surface area contributed by atoms with Gasteiger partial charge >= 0.3 is 11.9 Å². The number of nitriles is 1. The second kappa shape index (κ2) is 5.00. The number of hydrogen-bond acceptors (Lipinski definition) is 6. The third-order valence-corrected chi connectivity index (χ3v) is 3.46. The lowest BCUT2D eigenvalue weighted by atomic mass is 9.79. The van der Waals surface area contributed by atoms with E-state index in [0.717, 1.165) is 0 Å². The minimum absolute atomic E-state index is 0.191. The second-order valence-electron chi connectivity index (χ2n) is 4.83. The summed E-state index contributed by atoms with van der Waals surface area (Å²) in [6.45, 7) is 2.93. The quantitative estimate of drug-likeness (QED) is 0.712. The second-order valence-corrected chi connectivity index (χ2v) is 4.83. The fourth-order valence-corrected chi connectivity index (χ4v) is 2.62. The average Bonchev–Trinajstić information content (AvgIpc) is 2.72. The Morgan fingerprint density at radius 1 is 1.55 bits per heavy atom. The number of allylic oxidation sites excluding steroid dienone is 2. The summed E-state index contributed by atoms with van der Waals surface area (Å²) in [6.07, 6.45) is 2.13. The average molecular weight is 277 g/mol. The monoisotopic (exact) mass is 277 g/mol. The van der Waals surface area contributed by atoms with Gasteiger partial charge in [-0.3, -0.25) is 4.79 Å². The van der Waals surface area contributed by atoms with Crippen molar-refractivity contribution < 1.29 is 23.8 Å². The fourth-order valence-electron chi connectivity index (χ4n) is 2.62. The summed E-state index contributed by atoms with van der Waals surface area (Å²) in [5, 5.41) is 9.33. The Balaban J connectivity index is 2.34. The lowest BCUT2D eigenvalue weighted by Gasteiger charge is -2.31. The van der Waals surface area contributed by atoms with Gasteiger partial charge in [0.1, 0.15) is 17.6 Å². The van der Waals surface area contributed by atoms with Crippen molar-refractivity contribution >= 4 is 11.9 Å². The summed E-state index contributed by atoms with van der Waals surface area (Å²) in [5.41, 5.74) is -0.877. The first-order chi connectivity index (χ1) is 9.42. The molecule has 0 amide bonds. The molecule has 0 saturated heterocycles. The van der Waals surface area contributed by atoms with Crippen LogP contribution in [0.3, 0.4) is 0 Å².